The fourth-order valence-corrected chi connectivity index (χ4v) is 1.22. The van der Waals surface area contributed by atoms with Crippen LogP contribution in [0.25, 0.3) is 0 Å². The van der Waals surface area contributed by atoms with Gasteiger partial charge < -0.3 is 10.5 Å². The third-order valence-electron chi connectivity index (χ3n) is 1.93. The number of hydrogen-bond acceptors (Lipinski definition) is 2. The summed E-state index contributed by atoms with van der Waals surface area (Å²) in [6, 6.07) is 0.317. The predicted octanol–water partition coefficient (Wildman–Crippen LogP) is 1.81. The molecule has 0 unspecified atom stereocenters. The molecule has 2 N–H and O–H groups in total. The van der Waals surface area contributed by atoms with Crippen molar-refractivity contribution in [3.63, 3.8) is 0 Å². The first-order valence-electron chi connectivity index (χ1n) is 4.34. The molecule has 0 fully saturated rings. The van der Waals surface area contributed by atoms with Gasteiger partial charge in [-0.15, -0.1) is 0 Å². The maximum atomic E-state index is 5.64. The average molecular weight is 155 g/mol. The second kappa shape index (κ2) is 4.39. The number of ether oxygens (including phenoxy) is 1. The van der Waals surface area contributed by atoms with Crippen LogP contribution in [-0.4, -0.2) is 12.6 Å². The lowest BCUT2D eigenvalue weighted by molar-refractivity contribution is 0.222. The van der Waals surface area contributed by atoms with Crippen LogP contribution in [0.1, 0.15) is 32.6 Å². The van der Waals surface area contributed by atoms with Gasteiger partial charge in [-0.25, -0.2) is 0 Å². The Morgan fingerprint density at radius 1 is 1.73 bits per heavy atom. The minimum Gasteiger partial charge on any atom is -0.501 e. The minimum absolute atomic E-state index is 0.317. The highest BCUT2D eigenvalue weighted by Crippen LogP contribution is 2.17. The van der Waals surface area contributed by atoms with E-state index in [1.54, 1.807) is 0 Å². The second-order valence-corrected chi connectivity index (χ2v) is 3.27. The van der Waals surface area contributed by atoms with E-state index in [0.29, 0.717) is 6.04 Å². The molecule has 0 saturated carbocycles. The van der Waals surface area contributed by atoms with Gasteiger partial charge >= 0.3 is 0 Å². The maximum absolute atomic E-state index is 5.64. The SMILES string of the molecule is C[C@@H](N)CCC1=COCCC1. The van der Waals surface area contributed by atoms with Gasteiger partial charge in [0, 0.05) is 6.04 Å². The normalized spacial score (nSPS) is 20.4. The minimum atomic E-state index is 0.317. The van der Waals surface area contributed by atoms with Crippen molar-refractivity contribution in [1.29, 1.82) is 0 Å². The molecular weight excluding hydrogens is 138 g/mol. The van der Waals surface area contributed by atoms with Gasteiger partial charge in [-0.05, 0) is 38.2 Å². The molecule has 1 heterocycles. The van der Waals surface area contributed by atoms with Gasteiger partial charge in [-0.3, -0.25) is 0 Å². The van der Waals surface area contributed by atoms with Gasteiger partial charge in [-0.2, -0.15) is 0 Å². The average Bonchev–Trinajstić information content (AvgIpc) is 2.03. The Labute approximate surface area is 68.4 Å². The van der Waals surface area contributed by atoms with Crippen molar-refractivity contribution in [3.05, 3.63) is 11.8 Å². The van der Waals surface area contributed by atoms with E-state index in [0.717, 1.165) is 19.4 Å². The lowest BCUT2D eigenvalue weighted by Gasteiger charge is -2.14. The van der Waals surface area contributed by atoms with Crippen molar-refractivity contribution in [2.24, 2.45) is 5.73 Å². The highest BCUT2D eigenvalue weighted by molar-refractivity contribution is 5.00. The van der Waals surface area contributed by atoms with Gasteiger partial charge in [0.15, 0.2) is 0 Å². The van der Waals surface area contributed by atoms with Crippen LogP contribution in [0.3, 0.4) is 0 Å². The van der Waals surface area contributed by atoms with Crippen molar-refractivity contribution >= 4 is 0 Å². The lowest BCUT2D eigenvalue weighted by Crippen LogP contribution is -2.14. The van der Waals surface area contributed by atoms with Crippen molar-refractivity contribution in [1.82, 2.24) is 0 Å². The Kier molecular flexibility index (Phi) is 3.43. The molecule has 2 nitrogen and oxygen atoms in total. The third kappa shape index (κ3) is 3.42. The summed E-state index contributed by atoms with van der Waals surface area (Å²) in [6.45, 7) is 2.94. The zero-order valence-electron chi connectivity index (χ0n) is 7.18. The van der Waals surface area contributed by atoms with E-state index in [9.17, 15) is 0 Å². The van der Waals surface area contributed by atoms with E-state index in [2.05, 4.69) is 0 Å². The van der Waals surface area contributed by atoms with Crippen molar-refractivity contribution in [3.8, 4) is 0 Å². The zero-order chi connectivity index (χ0) is 8.10. The van der Waals surface area contributed by atoms with Crippen molar-refractivity contribution in [2.45, 2.75) is 38.6 Å². The van der Waals surface area contributed by atoms with Gasteiger partial charge in [0.1, 0.15) is 0 Å². The summed E-state index contributed by atoms with van der Waals surface area (Å²) in [5.74, 6) is 0. The van der Waals surface area contributed by atoms with Crippen LogP contribution in [0.5, 0.6) is 0 Å². The lowest BCUT2D eigenvalue weighted by atomic mass is 10.0. The molecule has 11 heavy (non-hydrogen) atoms. The topological polar surface area (TPSA) is 35.2 Å². The second-order valence-electron chi connectivity index (χ2n) is 3.27. The maximum Gasteiger partial charge on any atom is 0.0876 e. The van der Waals surface area contributed by atoms with E-state index in [1.165, 1.54) is 18.4 Å². The van der Waals surface area contributed by atoms with Crippen LogP contribution in [0.2, 0.25) is 0 Å². The van der Waals surface area contributed by atoms with E-state index in [4.69, 9.17) is 10.5 Å². The Balaban J connectivity index is 2.19. The molecule has 0 aromatic carbocycles. The van der Waals surface area contributed by atoms with Crippen molar-refractivity contribution < 1.29 is 4.74 Å². The molecule has 2 heteroatoms. The van der Waals surface area contributed by atoms with Crippen LogP contribution >= 0.6 is 0 Å². The van der Waals surface area contributed by atoms with E-state index in [-0.39, 0.29) is 0 Å². The van der Waals surface area contributed by atoms with Gasteiger partial charge in [0.05, 0.1) is 12.9 Å². The largest absolute Gasteiger partial charge is 0.501 e. The fourth-order valence-electron chi connectivity index (χ4n) is 1.22. The van der Waals surface area contributed by atoms with Crippen LogP contribution < -0.4 is 5.73 Å². The smallest absolute Gasteiger partial charge is 0.0876 e. The Morgan fingerprint density at radius 3 is 3.09 bits per heavy atom. The Morgan fingerprint density at radius 2 is 2.55 bits per heavy atom. The zero-order valence-corrected chi connectivity index (χ0v) is 7.18. The summed E-state index contributed by atoms with van der Waals surface area (Å²) in [6.07, 6.45) is 6.47. The monoisotopic (exact) mass is 155 g/mol. The van der Waals surface area contributed by atoms with Crippen LogP contribution in [0.4, 0.5) is 0 Å². The first kappa shape index (κ1) is 8.60. The molecule has 0 saturated heterocycles. The molecule has 0 spiro atoms. The summed E-state index contributed by atoms with van der Waals surface area (Å²) >= 11 is 0. The molecule has 0 radical (unpaired) electrons. The van der Waals surface area contributed by atoms with Gasteiger partial charge in [0.2, 0.25) is 0 Å². The van der Waals surface area contributed by atoms with E-state index < -0.39 is 0 Å². The summed E-state index contributed by atoms with van der Waals surface area (Å²) in [5, 5.41) is 0. The highest BCUT2D eigenvalue weighted by atomic mass is 16.5. The molecule has 1 aliphatic rings. The summed E-state index contributed by atoms with van der Waals surface area (Å²) in [7, 11) is 0. The first-order chi connectivity index (χ1) is 5.29. The van der Waals surface area contributed by atoms with E-state index in [1.807, 2.05) is 13.2 Å². The molecule has 64 valence electrons. The molecule has 1 atom stereocenters. The molecule has 0 aromatic rings. The summed E-state index contributed by atoms with van der Waals surface area (Å²) in [5.41, 5.74) is 7.07. The highest BCUT2D eigenvalue weighted by Gasteiger charge is 2.04. The number of rotatable bonds is 3. The third-order valence-corrected chi connectivity index (χ3v) is 1.93. The Hall–Kier alpha value is -0.500. The first-order valence-corrected chi connectivity index (χ1v) is 4.34. The molecule has 0 amide bonds. The summed E-state index contributed by atoms with van der Waals surface area (Å²) in [4.78, 5) is 0. The number of allylic oxidation sites excluding steroid dienone is 1. The van der Waals surface area contributed by atoms with E-state index >= 15 is 0 Å². The van der Waals surface area contributed by atoms with Crippen LogP contribution in [0.15, 0.2) is 11.8 Å². The van der Waals surface area contributed by atoms with Gasteiger partial charge in [-0.1, -0.05) is 0 Å². The molecule has 1 rings (SSSR count). The fraction of sp³-hybridized carbons (Fsp3) is 0.778. The predicted molar refractivity (Wildman–Crippen MR) is 46.2 cm³/mol. The van der Waals surface area contributed by atoms with Crippen molar-refractivity contribution in [2.75, 3.05) is 6.61 Å². The standard InChI is InChI=1S/C9H17NO/c1-8(10)4-5-9-3-2-6-11-7-9/h7-8H,2-6,10H2,1H3/t8-/m1/s1. The number of nitrogens with two attached hydrogens (primary N) is 1. The summed E-state index contributed by atoms with van der Waals surface area (Å²) < 4.78 is 5.21. The molecule has 0 aliphatic carbocycles. The molecule has 0 bridgehead atoms. The number of hydrogen-bond donors (Lipinski definition) is 1. The van der Waals surface area contributed by atoms with Crippen LogP contribution in [-0.2, 0) is 4.74 Å². The Bertz CT molecular complexity index is 140. The van der Waals surface area contributed by atoms with Gasteiger partial charge in [0.25, 0.3) is 0 Å². The molecule has 0 aromatic heterocycles. The quantitative estimate of drug-likeness (QED) is 0.674. The molecule has 1 aliphatic heterocycles. The molecular formula is C9H17NO. The van der Waals surface area contributed by atoms with Crippen LogP contribution in [0, 0.1) is 0 Å².